The van der Waals surface area contributed by atoms with Crippen molar-refractivity contribution in [3.05, 3.63) is 28.8 Å². The van der Waals surface area contributed by atoms with Gasteiger partial charge < -0.3 is 15.3 Å². The van der Waals surface area contributed by atoms with Crippen molar-refractivity contribution < 1.29 is 15.3 Å². The molecule has 0 atom stereocenters. The first kappa shape index (κ1) is 23.9. The lowest BCUT2D eigenvalue weighted by Crippen LogP contribution is -2.25. The second kappa shape index (κ2) is 11.6. The number of nitrogens with zero attached hydrogens (tertiary/aromatic N) is 2. The first-order valence-electron chi connectivity index (χ1n) is 10.2. The molecule has 0 aliphatic heterocycles. The van der Waals surface area contributed by atoms with Gasteiger partial charge in [-0.25, -0.2) is 0 Å². The van der Waals surface area contributed by atoms with Crippen LogP contribution in [-0.4, -0.2) is 65.5 Å². The summed E-state index contributed by atoms with van der Waals surface area (Å²) in [6, 6.07) is 4.26. The van der Waals surface area contributed by atoms with Crippen LogP contribution in [0.1, 0.15) is 63.1 Å². The van der Waals surface area contributed by atoms with E-state index in [1.165, 1.54) is 24.8 Å². The van der Waals surface area contributed by atoms with Gasteiger partial charge in [0.05, 0.1) is 13.2 Å². The Labute approximate surface area is 165 Å². The fourth-order valence-corrected chi connectivity index (χ4v) is 3.43. The molecular weight excluding hydrogens is 340 g/mol. The van der Waals surface area contributed by atoms with Crippen molar-refractivity contribution in [3.8, 4) is 5.75 Å². The Morgan fingerprint density at radius 1 is 0.889 bits per heavy atom. The highest BCUT2D eigenvalue weighted by Crippen LogP contribution is 2.35. The van der Waals surface area contributed by atoms with E-state index in [4.69, 9.17) is 0 Å². The Bertz CT molecular complexity index is 525. The maximum atomic E-state index is 10.8. The maximum absolute atomic E-state index is 10.8. The Morgan fingerprint density at radius 2 is 1.37 bits per heavy atom. The van der Waals surface area contributed by atoms with E-state index in [0.717, 1.165) is 17.5 Å². The quantitative estimate of drug-likeness (QED) is 0.459. The van der Waals surface area contributed by atoms with Crippen LogP contribution in [0.4, 0.5) is 0 Å². The summed E-state index contributed by atoms with van der Waals surface area (Å²) in [4.78, 5) is 4.04. The molecule has 0 bridgehead atoms. The number of phenols is 1. The summed E-state index contributed by atoms with van der Waals surface area (Å²) in [7, 11) is 3.90. The number of benzene rings is 1. The van der Waals surface area contributed by atoms with E-state index in [1.807, 2.05) is 23.9 Å². The number of hydrogen-bond acceptors (Lipinski definition) is 5. The zero-order chi connectivity index (χ0) is 20.4. The Balaban J connectivity index is 3.20. The molecule has 0 saturated carbocycles. The van der Waals surface area contributed by atoms with Crippen molar-refractivity contribution in [2.45, 2.75) is 65.0 Å². The van der Waals surface area contributed by atoms with Gasteiger partial charge >= 0.3 is 0 Å². The lowest BCUT2D eigenvalue weighted by Gasteiger charge is -2.29. The Hall–Kier alpha value is -1.14. The third-order valence-corrected chi connectivity index (χ3v) is 5.30. The highest BCUT2D eigenvalue weighted by molar-refractivity contribution is 5.46. The molecule has 3 N–H and O–H groups in total. The van der Waals surface area contributed by atoms with Gasteiger partial charge in [0.25, 0.3) is 0 Å². The van der Waals surface area contributed by atoms with Crippen LogP contribution in [0.25, 0.3) is 0 Å². The van der Waals surface area contributed by atoms with Crippen molar-refractivity contribution >= 4 is 0 Å². The minimum absolute atomic E-state index is 0.0392. The number of aromatic hydroxyl groups is 1. The predicted octanol–water partition coefficient (Wildman–Crippen LogP) is 3.10. The number of likely N-dealkylation sites (N-methyl/N-ethyl adjacent to an activating group) is 2. The highest BCUT2D eigenvalue weighted by Gasteiger charge is 2.23. The van der Waals surface area contributed by atoms with Gasteiger partial charge in [0, 0.05) is 37.3 Å². The Morgan fingerprint density at radius 3 is 1.78 bits per heavy atom. The van der Waals surface area contributed by atoms with Gasteiger partial charge in [-0.05, 0) is 31.5 Å². The lowest BCUT2D eigenvalue weighted by molar-refractivity contribution is 0.213. The predicted molar refractivity (Wildman–Crippen MR) is 112 cm³/mol. The van der Waals surface area contributed by atoms with Gasteiger partial charge in [0.1, 0.15) is 5.75 Å². The molecule has 1 rings (SSSR count). The van der Waals surface area contributed by atoms with E-state index < -0.39 is 0 Å². The molecule has 1 aromatic rings. The first-order valence-corrected chi connectivity index (χ1v) is 10.2. The zero-order valence-corrected chi connectivity index (χ0v) is 18.0. The van der Waals surface area contributed by atoms with Gasteiger partial charge in [-0.2, -0.15) is 0 Å². The van der Waals surface area contributed by atoms with E-state index in [2.05, 4.69) is 32.9 Å². The van der Waals surface area contributed by atoms with Gasteiger partial charge in [0.15, 0.2) is 0 Å². The maximum Gasteiger partial charge on any atom is 0.124 e. The molecule has 0 aliphatic rings. The average Bonchev–Trinajstić information content (AvgIpc) is 2.58. The Kier molecular flexibility index (Phi) is 10.3. The van der Waals surface area contributed by atoms with E-state index in [9.17, 15) is 15.3 Å². The monoisotopic (exact) mass is 380 g/mol. The SMILES string of the molecule is CCCCCC(C)(C)c1cc(CN(C)CCO)c(O)c(CN(C)CCO)c1. The molecule has 0 aliphatic carbocycles. The van der Waals surface area contributed by atoms with Crippen LogP contribution in [0, 0.1) is 0 Å². The van der Waals surface area contributed by atoms with Crippen LogP contribution in [0.5, 0.6) is 5.75 Å². The summed E-state index contributed by atoms with van der Waals surface area (Å²) in [5.41, 5.74) is 3.09. The largest absolute Gasteiger partial charge is 0.507 e. The summed E-state index contributed by atoms with van der Waals surface area (Å²) < 4.78 is 0. The first-order chi connectivity index (χ1) is 12.7. The van der Waals surface area contributed by atoms with Crippen molar-refractivity contribution in [3.63, 3.8) is 0 Å². The second-order valence-corrected chi connectivity index (χ2v) is 8.41. The average molecular weight is 381 g/mol. The van der Waals surface area contributed by atoms with Gasteiger partial charge in [-0.15, -0.1) is 0 Å². The topological polar surface area (TPSA) is 67.2 Å². The molecule has 0 fully saturated rings. The molecule has 0 heterocycles. The van der Waals surface area contributed by atoms with Gasteiger partial charge in [0.2, 0.25) is 0 Å². The van der Waals surface area contributed by atoms with Crippen molar-refractivity contribution in [1.29, 1.82) is 0 Å². The molecule has 0 amide bonds. The number of hydrogen-bond donors (Lipinski definition) is 3. The summed E-state index contributed by atoms with van der Waals surface area (Å²) >= 11 is 0. The van der Waals surface area contributed by atoms with Crippen molar-refractivity contribution in [1.82, 2.24) is 9.80 Å². The fourth-order valence-electron chi connectivity index (χ4n) is 3.43. The smallest absolute Gasteiger partial charge is 0.124 e. The zero-order valence-electron chi connectivity index (χ0n) is 18.0. The molecule has 0 aromatic heterocycles. The van der Waals surface area contributed by atoms with Crippen LogP contribution in [0.15, 0.2) is 12.1 Å². The summed E-state index contributed by atoms with van der Waals surface area (Å²) in [5.74, 6) is 0.331. The summed E-state index contributed by atoms with van der Waals surface area (Å²) in [6.07, 6.45) is 4.76. The highest BCUT2D eigenvalue weighted by atomic mass is 16.3. The second-order valence-electron chi connectivity index (χ2n) is 8.41. The number of rotatable bonds is 13. The lowest BCUT2D eigenvalue weighted by atomic mass is 9.78. The molecule has 0 unspecified atom stereocenters. The van der Waals surface area contributed by atoms with Gasteiger partial charge in [-0.3, -0.25) is 9.80 Å². The third kappa shape index (κ3) is 7.78. The molecule has 156 valence electrons. The van der Waals surface area contributed by atoms with E-state index in [0.29, 0.717) is 31.9 Å². The third-order valence-electron chi connectivity index (χ3n) is 5.30. The minimum Gasteiger partial charge on any atom is -0.507 e. The number of aliphatic hydroxyl groups excluding tert-OH is 2. The molecule has 5 heteroatoms. The molecule has 27 heavy (non-hydrogen) atoms. The molecule has 0 radical (unpaired) electrons. The number of aliphatic hydroxyl groups is 2. The van der Waals surface area contributed by atoms with Crippen LogP contribution in [0.2, 0.25) is 0 Å². The van der Waals surface area contributed by atoms with Gasteiger partial charge in [-0.1, -0.05) is 52.2 Å². The minimum atomic E-state index is 0.0392. The molecule has 1 aromatic carbocycles. The van der Waals surface area contributed by atoms with E-state index in [1.54, 1.807) is 0 Å². The van der Waals surface area contributed by atoms with Crippen LogP contribution in [0.3, 0.4) is 0 Å². The van der Waals surface area contributed by atoms with E-state index >= 15 is 0 Å². The van der Waals surface area contributed by atoms with Crippen LogP contribution in [-0.2, 0) is 18.5 Å². The van der Waals surface area contributed by atoms with E-state index in [-0.39, 0.29) is 18.6 Å². The molecule has 0 spiro atoms. The standard InChI is InChI=1S/C22H40N2O3/c1-6-7-8-9-22(2,3)20-14-18(16-23(4)10-12-25)21(27)19(15-20)17-24(5)11-13-26/h14-15,25-27H,6-13,16-17H2,1-5H3. The molecule has 5 nitrogen and oxygen atoms in total. The number of unbranched alkanes of at least 4 members (excludes halogenated alkanes) is 2. The normalized spacial score (nSPS) is 12.3. The van der Waals surface area contributed by atoms with Crippen LogP contribution >= 0.6 is 0 Å². The van der Waals surface area contributed by atoms with Crippen molar-refractivity contribution in [2.24, 2.45) is 0 Å². The summed E-state index contributed by atoms with van der Waals surface area (Å²) in [5, 5.41) is 29.2. The molecule has 0 saturated heterocycles. The number of phenolic OH excluding ortho intramolecular Hbond substituents is 1. The van der Waals surface area contributed by atoms with Crippen LogP contribution < -0.4 is 0 Å². The molecular formula is C22H40N2O3. The fraction of sp³-hybridized carbons (Fsp3) is 0.727. The summed E-state index contributed by atoms with van der Waals surface area (Å²) in [6.45, 7) is 9.32. The van der Waals surface area contributed by atoms with Crippen molar-refractivity contribution in [2.75, 3.05) is 40.4 Å².